The second-order valence-electron chi connectivity index (χ2n) is 5.89. The van der Waals surface area contributed by atoms with Crippen LogP contribution in [0.5, 0.6) is 0 Å². The molecule has 122 valence electrons. The van der Waals surface area contributed by atoms with Gasteiger partial charge in [0.2, 0.25) is 5.91 Å². The first-order valence-electron chi connectivity index (χ1n) is 7.67. The number of carbonyl (C=O) groups is 1. The van der Waals surface area contributed by atoms with Crippen molar-refractivity contribution in [1.82, 2.24) is 19.7 Å². The topological polar surface area (TPSA) is 71.0 Å². The Hall–Kier alpha value is -2.60. The van der Waals surface area contributed by atoms with Crippen LogP contribution in [0.4, 0.5) is 0 Å². The molecule has 2 aromatic heterocycles. The summed E-state index contributed by atoms with van der Waals surface area (Å²) in [6.07, 6.45) is 2.31. The maximum atomic E-state index is 12.7. The Morgan fingerprint density at radius 2 is 2.04 bits per heavy atom. The van der Waals surface area contributed by atoms with Gasteiger partial charge in [0, 0.05) is 48.9 Å². The van der Waals surface area contributed by atoms with Gasteiger partial charge in [-0.25, -0.2) is 4.68 Å². The van der Waals surface area contributed by atoms with Crippen molar-refractivity contribution in [2.75, 3.05) is 6.54 Å². The summed E-state index contributed by atoms with van der Waals surface area (Å²) in [5.41, 5.74) is 3.13. The molecule has 0 atom stereocenters. The number of fused-ring (bicyclic) bond motifs is 3. The van der Waals surface area contributed by atoms with Crippen LogP contribution < -0.4 is 5.56 Å². The van der Waals surface area contributed by atoms with Crippen molar-refractivity contribution >= 4 is 28.4 Å². The predicted octanol–water partition coefficient (Wildman–Crippen LogP) is 2.27. The van der Waals surface area contributed by atoms with Gasteiger partial charge in [-0.15, -0.1) is 0 Å². The SMILES string of the molecule is CC(=O)N1CCc2ncc3c(=O)n(-c4ccc(Cl)cc4)[nH]c3c2C1. The molecule has 0 spiro atoms. The van der Waals surface area contributed by atoms with Gasteiger partial charge in [0.25, 0.3) is 5.56 Å². The molecular weight excluding hydrogens is 328 g/mol. The van der Waals surface area contributed by atoms with Crippen LogP contribution in [-0.4, -0.2) is 32.1 Å². The van der Waals surface area contributed by atoms with Gasteiger partial charge >= 0.3 is 0 Å². The number of halogens is 1. The molecule has 1 aliphatic rings. The highest BCUT2D eigenvalue weighted by molar-refractivity contribution is 6.30. The molecule has 0 aliphatic carbocycles. The fourth-order valence-electron chi connectivity index (χ4n) is 3.10. The maximum Gasteiger partial charge on any atom is 0.280 e. The Balaban J connectivity index is 1.90. The Labute approximate surface area is 142 Å². The summed E-state index contributed by atoms with van der Waals surface area (Å²) in [7, 11) is 0. The molecule has 7 heteroatoms. The molecule has 24 heavy (non-hydrogen) atoms. The number of carbonyl (C=O) groups excluding carboxylic acids is 1. The minimum atomic E-state index is -0.164. The zero-order valence-electron chi connectivity index (χ0n) is 13.0. The van der Waals surface area contributed by atoms with Gasteiger partial charge in [0.15, 0.2) is 0 Å². The summed E-state index contributed by atoms with van der Waals surface area (Å²) in [6, 6.07) is 7.03. The van der Waals surface area contributed by atoms with Crippen molar-refractivity contribution in [2.45, 2.75) is 19.9 Å². The highest BCUT2D eigenvalue weighted by atomic mass is 35.5. The van der Waals surface area contributed by atoms with Crippen LogP contribution in [0.2, 0.25) is 5.02 Å². The Morgan fingerprint density at radius 3 is 2.75 bits per heavy atom. The van der Waals surface area contributed by atoms with Crippen molar-refractivity contribution in [2.24, 2.45) is 0 Å². The average Bonchev–Trinajstić information content (AvgIpc) is 2.92. The zero-order chi connectivity index (χ0) is 16.8. The molecule has 1 aromatic carbocycles. The first-order chi connectivity index (χ1) is 11.5. The maximum absolute atomic E-state index is 12.7. The summed E-state index contributed by atoms with van der Waals surface area (Å²) in [5.74, 6) is 0.0251. The normalized spacial score (nSPS) is 14.0. The number of hydrogen-bond donors (Lipinski definition) is 1. The van der Waals surface area contributed by atoms with Crippen LogP contribution in [0.3, 0.4) is 0 Å². The van der Waals surface area contributed by atoms with E-state index < -0.39 is 0 Å². The summed E-state index contributed by atoms with van der Waals surface area (Å²) in [4.78, 5) is 30.6. The van der Waals surface area contributed by atoms with Gasteiger partial charge in [-0.3, -0.25) is 19.7 Å². The summed E-state index contributed by atoms with van der Waals surface area (Å²) in [6.45, 7) is 2.68. The van der Waals surface area contributed by atoms with Gasteiger partial charge < -0.3 is 4.90 Å². The van der Waals surface area contributed by atoms with E-state index >= 15 is 0 Å². The first-order valence-corrected chi connectivity index (χ1v) is 8.05. The number of rotatable bonds is 1. The quantitative estimate of drug-likeness (QED) is 0.737. The van der Waals surface area contributed by atoms with Gasteiger partial charge in [-0.05, 0) is 24.3 Å². The first kappa shape index (κ1) is 15.0. The molecule has 0 bridgehead atoms. The van der Waals surface area contributed by atoms with E-state index in [-0.39, 0.29) is 11.5 Å². The van der Waals surface area contributed by atoms with Crippen molar-refractivity contribution in [3.63, 3.8) is 0 Å². The molecule has 3 heterocycles. The molecule has 0 saturated heterocycles. The van der Waals surface area contributed by atoms with E-state index in [0.717, 1.165) is 16.8 Å². The molecule has 0 saturated carbocycles. The number of nitrogens with zero attached hydrogens (tertiary/aromatic N) is 3. The van der Waals surface area contributed by atoms with Crippen LogP contribution in [0.15, 0.2) is 35.3 Å². The summed E-state index contributed by atoms with van der Waals surface area (Å²) in [5, 5.41) is 4.30. The minimum absolute atomic E-state index is 0.0251. The third-order valence-electron chi connectivity index (χ3n) is 4.42. The average molecular weight is 343 g/mol. The van der Waals surface area contributed by atoms with E-state index in [1.807, 2.05) is 0 Å². The highest BCUT2D eigenvalue weighted by Crippen LogP contribution is 2.24. The van der Waals surface area contributed by atoms with E-state index in [9.17, 15) is 9.59 Å². The van der Waals surface area contributed by atoms with Gasteiger partial charge in [0.05, 0.1) is 16.6 Å². The molecule has 3 aromatic rings. The number of benzene rings is 1. The summed E-state index contributed by atoms with van der Waals surface area (Å²) >= 11 is 5.91. The number of amides is 1. The second-order valence-corrected chi connectivity index (χ2v) is 6.33. The second kappa shape index (κ2) is 5.49. The smallest absolute Gasteiger partial charge is 0.280 e. The number of pyridine rings is 1. The molecule has 1 amide bonds. The highest BCUT2D eigenvalue weighted by Gasteiger charge is 2.23. The predicted molar refractivity (Wildman–Crippen MR) is 91.5 cm³/mol. The summed E-state index contributed by atoms with van der Waals surface area (Å²) < 4.78 is 1.48. The minimum Gasteiger partial charge on any atom is -0.338 e. The van der Waals surface area contributed by atoms with Gasteiger partial charge in [-0.2, -0.15) is 0 Å². The van der Waals surface area contributed by atoms with E-state index in [4.69, 9.17) is 11.6 Å². The lowest BCUT2D eigenvalue weighted by Crippen LogP contribution is -2.34. The molecule has 1 aliphatic heterocycles. The lowest BCUT2D eigenvalue weighted by atomic mass is 10.0. The van der Waals surface area contributed by atoms with E-state index in [2.05, 4.69) is 10.1 Å². The fourth-order valence-corrected chi connectivity index (χ4v) is 3.23. The van der Waals surface area contributed by atoms with Crippen molar-refractivity contribution < 1.29 is 4.79 Å². The lowest BCUT2D eigenvalue weighted by molar-refractivity contribution is -0.129. The third-order valence-corrected chi connectivity index (χ3v) is 4.68. The molecule has 6 nitrogen and oxygen atoms in total. The Bertz CT molecular complexity index is 1000. The van der Waals surface area contributed by atoms with Crippen LogP contribution in [0, 0.1) is 0 Å². The number of nitrogens with one attached hydrogen (secondary N) is 1. The van der Waals surface area contributed by atoms with Crippen LogP contribution in [0.1, 0.15) is 18.2 Å². The van der Waals surface area contributed by atoms with Crippen molar-refractivity contribution in [3.05, 3.63) is 57.1 Å². The molecular formula is C17H15ClN4O2. The number of aromatic nitrogens is 3. The number of H-pyrrole nitrogens is 1. The molecule has 1 N–H and O–H groups in total. The van der Waals surface area contributed by atoms with Gasteiger partial charge in [0.1, 0.15) is 0 Å². The molecule has 4 rings (SSSR count). The largest absolute Gasteiger partial charge is 0.338 e. The lowest BCUT2D eigenvalue weighted by Gasteiger charge is -2.27. The van der Waals surface area contributed by atoms with Crippen molar-refractivity contribution in [1.29, 1.82) is 0 Å². The van der Waals surface area contributed by atoms with E-state index in [1.54, 1.807) is 42.3 Å². The fraction of sp³-hybridized carbons (Fsp3) is 0.235. The van der Waals surface area contributed by atoms with Crippen LogP contribution >= 0.6 is 11.6 Å². The van der Waals surface area contributed by atoms with Crippen molar-refractivity contribution in [3.8, 4) is 5.69 Å². The van der Waals surface area contributed by atoms with Gasteiger partial charge in [-0.1, -0.05) is 11.6 Å². The van der Waals surface area contributed by atoms with E-state index in [1.165, 1.54) is 4.68 Å². The monoisotopic (exact) mass is 342 g/mol. The number of hydrogen-bond acceptors (Lipinski definition) is 3. The molecule has 0 unspecified atom stereocenters. The Morgan fingerprint density at radius 1 is 1.29 bits per heavy atom. The Kier molecular flexibility index (Phi) is 3.42. The van der Waals surface area contributed by atoms with E-state index in [0.29, 0.717) is 35.6 Å². The molecule has 0 radical (unpaired) electrons. The molecule has 0 fully saturated rings. The van der Waals surface area contributed by atoms with Crippen LogP contribution in [-0.2, 0) is 17.8 Å². The standard InChI is InChI=1S/C17H15ClN4O2/c1-10(23)21-7-6-15-14(9-21)16-13(8-19-15)17(24)22(20-16)12-4-2-11(18)3-5-12/h2-5,8,20H,6-7,9H2,1H3. The zero-order valence-corrected chi connectivity index (χ0v) is 13.8. The van der Waals surface area contributed by atoms with Crippen LogP contribution in [0.25, 0.3) is 16.6 Å². The third kappa shape index (κ3) is 2.30. The number of aromatic amines is 1.